The third kappa shape index (κ3) is 2.83. The van der Waals surface area contributed by atoms with Crippen molar-refractivity contribution in [1.82, 2.24) is 9.97 Å². The SMILES string of the molecule is COC(=O)C(Cc1ccc(C#N)c(F)c1)c1cnc[nH]1. The van der Waals surface area contributed by atoms with Gasteiger partial charge in [0.2, 0.25) is 0 Å². The van der Waals surface area contributed by atoms with Crippen molar-refractivity contribution in [3.05, 3.63) is 53.4 Å². The number of carbonyl (C=O) groups is 1. The predicted molar refractivity (Wildman–Crippen MR) is 68.2 cm³/mol. The highest BCUT2D eigenvalue weighted by molar-refractivity contribution is 5.77. The maximum Gasteiger partial charge on any atom is 0.315 e. The maximum absolute atomic E-state index is 13.6. The van der Waals surface area contributed by atoms with Crippen molar-refractivity contribution >= 4 is 5.97 Å². The number of H-pyrrole nitrogens is 1. The second-order valence-electron chi connectivity index (χ2n) is 4.21. The highest BCUT2D eigenvalue weighted by Gasteiger charge is 2.23. The van der Waals surface area contributed by atoms with Crippen LogP contribution in [0.2, 0.25) is 0 Å². The molecule has 0 spiro atoms. The molecule has 1 aromatic carbocycles. The van der Waals surface area contributed by atoms with Gasteiger partial charge >= 0.3 is 5.97 Å². The van der Waals surface area contributed by atoms with Crippen LogP contribution in [0.5, 0.6) is 0 Å². The maximum atomic E-state index is 13.6. The minimum atomic E-state index is -0.599. The molecule has 5 nitrogen and oxygen atoms in total. The van der Waals surface area contributed by atoms with Crippen molar-refractivity contribution in [2.75, 3.05) is 7.11 Å². The largest absolute Gasteiger partial charge is 0.468 e. The van der Waals surface area contributed by atoms with E-state index in [9.17, 15) is 9.18 Å². The van der Waals surface area contributed by atoms with Gasteiger partial charge in [0, 0.05) is 11.9 Å². The summed E-state index contributed by atoms with van der Waals surface area (Å²) in [6.07, 6.45) is 3.25. The molecule has 1 aromatic heterocycles. The lowest BCUT2D eigenvalue weighted by molar-refractivity contribution is -0.142. The molecule has 1 unspecified atom stereocenters. The summed E-state index contributed by atoms with van der Waals surface area (Å²) >= 11 is 0. The summed E-state index contributed by atoms with van der Waals surface area (Å²) in [6, 6.07) is 6.02. The van der Waals surface area contributed by atoms with Crippen molar-refractivity contribution in [2.45, 2.75) is 12.3 Å². The Kier molecular flexibility index (Phi) is 4.11. The number of hydrogen-bond acceptors (Lipinski definition) is 4. The van der Waals surface area contributed by atoms with Crippen LogP contribution in [0.1, 0.15) is 22.7 Å². The summed E-state index contributed by atoms with van der Waals surface area (Å²) < 4.78 is 18.3. The van der Waals surface area contributed by atoms with Crippen LogP contribution >= 0.6 is 0 Å². The van der Waals surface area contributed by atoms with Crippen molar-refractivity contribution in [2.24, 2.45) is 0 Å². The van der Waals surface area contributed by atoms with Gasteiger partial charge in [-0.15, -0.1) is 0 Å². The van der Waals surface area contributed by atoms with Crippen molar-refractivity contribution < 1.29 is 13.9 Å². The molecule has 1 atom stereocenters. The van der Waals surface area contributed by atoms with E-state index < -0.39 is 17.7 Å². The monoisotopic (exact) mass is 273 g/mol. The van der Waals surface area contributed by atoms with Crippen molar-refractivity contribution in [3.63, 3.8) is 0 Å². The van der Waals surface area contributed by atoms with E-state index in [1.165, 1.54) is 31.8 Å². The van der Waals surface area contributed by atoms with Crippen LogP contribution in [-0.2, 0) is 16.0 Å². The second-order valence-corrected chi connectivity index (χ2v) is 4.21. The molecular weight excluding hydrogens is 261 g/mol. The van der Waals surface area contributed by atoms with Gasteiger partial charge in [-0.05, 0) is 24.1 Å². The molecule has 0 saturated heterocycles. The Morgan fingerprint density at radius 2 is 2.40 bits per heavy atom. The first-order valence-corrected chi connectivity index (χ1v) is 5.90. The molecule has 1 heterocycles. The van der Waals surface area contributed by atoms with Crippen LogP contribution in [0.4, 0.5) is 4.39 Å². The number of nitriles is 1. The molecule has 2 aromatic rings. The standard InChI is InChI=1S/C14H12FN3O2/c1-20-14(19)11(13-7-17-8-18-13)4-9-2-3-10(6-16)12(15)5-9/h2-3,5,7-8,11H,4H2,1H3,(H,17,18). The Hall–Kier alpha value is -2.68. The lowest BCUT2D eigenvalue weighted by Crippen LogP contribution is -2.17. The van der Waals surface area contributed by atoms with E-state index in [2.05, 4.69) is 9.97 Å². The van der Waals surface area contributed by atoms with E-state index in [0.29, 0.717) is 11.3 Å². The quantitative estimate of drug-likeness (QED) is 0.863. The lowest BCUT2D eigenvalue weighted by atomic mass is 9.96. The molecule has 0 bridgehead atoms. The predicted octanol–water partition coefficient (Wildman–Crippen LogP) is 1.92. The highest BCUT2D eigenvalue weighted by atomic mass is 19.1. The number of rotatable bonds is 4. The zero-order valence-electron chi connectivity index (χ0n) is 10.8. The second kappa shape index (κ2) is 5.97. The Bertz CT molecular complexity index is 647. The third-order valence-electron chi connectivity index (χ3n) is 2.97. The number of nitrogens with zero attached hydrogens (tertiary/aromatic N) is 2. The molecule has 102 valence electrons. The fraction of sp³-hybridized carbons (Fsp3) is 0.214. The van der Waals surface area contributed by atoms with E-state index in [-0.39, 0.29) is 12.0 Å². The van der Waals surface area contributed by atoms with Crippen molar-refractivity contribution in [3.8, 4) is 6.07 Å². The summed E-state index contributed by atoms with van der Waals surface area (Å²) in [7, 11) is 1.30. The number of aromatic nitrogens is 2. The first-order valence-electron chi connectivity index (χ1n) is 5.90. The molecule has 20 heavy (non-hydrogen) atoms. The minimum absolute atomic E-state index is 0.0232. The Balaban J connectivity index is 2.27. The molecule has 6 heteroatoms. The summed E-state index contributed by atoms with van der Waals surface area (Å²) in [5, 5.41) is 8.69. The summed E-state index contributed by atoms with van der Waals surface area (Å²) in [5.74, 6) is -1.62. The smallest absolute Gasteiger partial charge is 0.315 e. The molecule has 0 saturated carbocycles. The number of esters is 1. The van der Waals surface area contributed by atoms with Gasteiger partial charge in [-0.3, -0.25) is 4.79 Å². The van der Waals surface area contributed by atoms with Gasteiger partial charge in [0.15, 0.2) is 0 Å². The highest BCUT2D eigenvalue weighted by Crippen LogP contribution is 2.21. The zero-order chi connectivity index (χ0) is 14.5. The van der Waals surface area contributed by atoms with Gasteiger partial charge in [0.25, 0.3) is 0 Å². The molecule has 2 rings (SSSR count). The Labute approximate surface area is 115 Å². The third-order valence-corrected chi connectivity index (χ3v) is 2.97. The molecule has 0 aliphatic rings. The fourth-order valence-electron chi connectivity index (χ4n) is 1.93. The van der Waals surface area contributed by atoms with E-state index in [1.807, 2.05) is 0 Å². The Morgan fingerprint density at radius 3 is 2.95 bits per heavy atom. The van der Waals surface area contributed by atoms with Crippen LogP contribution in [0.3, 0.4) is 0 Å². The molecule has 0 amide bonds. The van der Waals surface area contributed by atoms with E-state index in [0.717, 1.165) is 0 Å². The van der Waals surface area contributed by atoms with Gasteiger partial charge < -0.3 is 9.72 Å². The number of carbonyl (C=O) groups excluding carboxylic acids is 1. The van der Waals surface area contributed by atoms with Crippen LogP contribution < -0.4 is 0 Å². The van der Waals surface area contributed by atoms with Crippen LogP contribution in [0.25, 0.3) is 0 Å². The first-order chi connectivity index (χ1) is 9.65. The molecule has 0 fully saturated rings. The van der Waals surface area contributed by atoms with E-state index in [1.54, 1.807) is 12.1 Å². The molecule has 1 N–H and O–H groups in total. The summed E-state index contributed by atoms with van der Waals surface area (Å²) in [4.78, 5) is 18.5. The van der Waals surface area contributed by atoms with Crippen LogP contribution in [0, 0.1) is 17.1 Å². The molecular formula is C14H12FN3O2. The average Bonchev–Trinajstić information content (AvgIpc) is 2.98. The molecule has 0 aliphatic heterocycles. The van der Waals surface area contributed by atoms with Crippen LogP contribution in [-0.4, -0.2) is 23.0 Å². The van der Waals surface area contributed by atoms with Gasteiger partial charge in [-0.2, -0.15) is 5.26 Å². The van der Waals surface area contributed by atoms with Crippen LogP contribution in [0.15, 0.2) is 30.7 Å². The van der Waals surface area contributed by atoms with E-state index in [4.69, 9.17) is 10.00 Å². The zero-order valence-corrected chi connectivity index (χ0v) is 10.8. The number of nitrogens with one attached hydrogen (secondary N) is 1. The normalized spacial score (nSPS) is 11.7. The summed E-state index contributed by atoms with van der Waals surface area (Å²) in [5.41, 5.74) is 1.18. The number of imidazole rings is 1. The van der Waals surface area contributed by atoms with Gasteiger partial charge in [0.05, 0.1) is 19.0 Å². The van der Waals surface area contributed by atoms with E-state index >= 15 is 0 Å². The summed E-state index contributed by atoms with van der Waals surface area (Å²) in [6.45, 7) is 0. The number of benzene rings is 1. The lowest BCUT2D eigenvalue weighted by Gasteiger charge is -2.13. The molecule has 0 radical (unpaired) electrons. The number of halogens is 1. The molecule has 0 aliphatic carbocycles. The topological polar surface area (TPSA) is 78.8 Å². The Morgan fingerprint density at radius 1 is 1.60 bits per heavy atom. The first kappa shape index (κ1) is 13.7. The number of hydrogen-bond donors (Lipinski definition) is 1. The van der Waals surface area contributed by atoms with Gasteiger partial charge in [0.1, 0.15) is 17.8 Å². The van der Waals surface area contributed by atoms with Crippen molar-refractivity contribution in [1.29, 1.82) is 5.26 Å². The number of aromatic amines is 1. The van der Waals surface area contributed by atoms with Gasteiger partial charge in [-0.25, -0.2) is 9.37 Å². The average molecular weight is 273 g/mol. The fourth-order valence-corrected chi connectivity index (χ4v) is 1.93. The van der Waals surface area contributed by atoms with Gasteiger partial charge in [-0.1, -0.05) is 6.07 Å². The minimum Gasteiger partial charge on any atom is -0.468 e. The number of ether oxygens (including phenoxy) is 1. The number of methoxy groups -OCH3 is 1.